The van der Waals surface area contributed by atoms with E-state index < -0.39 is 20.8 Å². The summed E-state index contributed by atoms with van der Waals surface area (Å²) in [6.07, 6.45) is 96.5. The zero-order valence-corrected chi connectivity index (χ0v) is 64.2. The van der Waals surface area contributed by atoms with Gasteiger partial charge in [0, 0.05) is 11.8 Å². The molecule has 0 saturated heterocycles. The molecule has 89 heavy (non-hydrogen) atoms. The molecule has 11 heteroatoms. The first-order chi connectivity index (χ1) is 43.0. The Morgan fingerprint density at radius 1 is 0.247 bits per heavy atom. The van der Waals surface area contributed by atoms with Crippen LogP contribution in [-0.4, -0.2) is 76.9 Å². The van der Waals surface area contributed by atoms with Crippen LogP contribution in [0.3, 0.4) is 0 Å². The van der Waals surface area contributed by atoms with Crippen molar-refractivity contribution in [1.29, 1.82) is 0 Å². The van der Waals surface area contributed by atoms with Crippen LogP contribution < -0.4 is 0 Å². The second kappa shape index (κ2) is 79.2. The van der Waals surface area contributed by atoms with E-state index in [-0.39, 0.29) is 62.8 Å². The molecule has 0 radical (unpaired) electrons. The van der Waals surface area contributed by atoms with Crippen molar-refractivity contribution >= 4 is 58.5 Å². The summed E-state index contributed by atoms with van der Waals surface area (Å²) in [5.41, 5.74) is 0. The van der Waals surface area contributed by atoms with Gasteiger partial charge >= 0.3 is 37.7 Å². The van der Waals surface area contributed by atoms with Crippen LogP contribution in [0.25, 0.3) is 0 Å². The molecule has 0 spiro atoms. The number of allylic oxidation sites excluding steroid dienone is 2. The Hall–Kier alpha value is 0.480. The van der Waals surface area contributed by atoms with Gasteiger partial charge in [0.05, 0.1) is 13.2 Å². The third kappa shape index (κ3) is 88.5. The number of unbranched alkanes of at least 4 members (excludes halogenated alkanes) is 60. The average Bonchev–Trinajstić information content (AvgIpc) is 3.57. The van der Waals surface area contributed by atoms with Gasteiger partial charge in [-0.25, -0.2) is 16.8 Å². The molecule has 0 aliphatic carbocycles. The van der Waals surface area contributed by atoms with Crippen molar-refractivity contribution < 1.29 is 34.3 Å². The summed E-state index contributed by atoms with van der Waals surface area (Å²) in [5, 5.41) is 0. The normalized spacial score (nSPS) is 12.7. The van der Waals surface area contributed by atoms with Gasteiger partial charge in [-0.15, -0.1) is 0 Å². The monoisotopic (exact) mass is 1320 g/mol. The Kier molecular flexibility index (Phi) is 83.3. The van der Waals surface area contributed by atoms with Gasteiger partial charge in [0.2, 0.25) is 20.8 Å². The summed E-state index contributed by atoms with van der Waals surface area (Å²) in [6.45, 7) is 9.09. The molecule has 8 nitrogen and oxygen atoms in total. The van der Waals surface area contributed by atoms with Crippen molar-refractivity contribution in [3.8, 4) is 0 Å². The van der Waals surface area contributed by atoms with Gasteiger partial charge in [-0.05, 0) is 38.5 Å². The largest absolute Gasteiger partial charge is 2.00 e. The first-order valence-corrected chi connectivity index (χ1v) is 42.2. The predicted molar refractivity (Wildman–Crippen MR) is 390 cm³/mol. The quantitative estimate of drug-likeness (QED) is 0.0193. The Morgan fingerprint density at radius 2 is 0.393 bits per heavy atom. The summed E-state index contributed by atoms with van der Waals surface area (Å²) in [6, 6.07) is 0. The van der Waals surface area contributed by atoms with E-state index in [2.05, 4.69) is 60.4 Å². The van der Waals surface area contributed by atoms with E-state index in [0.29, 0.717) is 0 Å². The number of rotatable bonds is 74. The van der Waals surface area contributed by atoms with E-state index in [1.807, 2.05) is 0 Å². The fourth-order valence-corrected chi connectivity index (χ4v) is 13.2. The molecule has 0 aliphatic heterocycles. The Morgan fingerprint density at radius 3 is 0.551 bits per heavy atom. The molecule has 2 atom stereocenters. The minimum atomic E-state index is -4.63. The topological polar surface area (TPSA) is 133 Å². The molecule has 0 heterocycles. The maximum absolute atomic E-state index is 11.0. The molecule has 0 amide bonds. The van der Waals surface area contributed by atoms with Crippen molar-refractivity contribution in [2.24, 2.45) is 11.8 Å². The Bertz CT molecular complexity index is 1480. The first-order valence-electron chi connectivity index (χ1n) is 39.5. The van der Waals surface area contributed by atoms with Crippen molar-refractivity contribution in [1.82, 2.24) is 0 Å². The predicted octanol–water partition coefficient (Wildman–Crippen LogP) is 26.7. The van der Waals surface area contributed by atoms with E-state index in [9.17, 15) is 25.9 Å². The zero-order chi connectivity index (χ0) is 64.5. The van der Waals surface area contributed by atoms with E-state index >= 15 is 0 Å². The van der Waals surface area contributed by atoms with Crippen LogP contribution >= 0.6 is 0 Å². The van der Waals surface area contributed by atoms with Crippen LogP contribution in [0, 0.1) is 11.8 Å². The maximum Gasteiger partial charge on any atom is 2.00 e. The molecular weight excluding hydrogens is 1170 g/mol. The number of hydrogen-bond acceptors (Lipinski definition) is 8. The van der Waals surface area contributed by atoms with Crippen LogP contribution in [0.1, 0.15) is 451 Å². The Balaban J connectivity index is -0.00000164. The molecule has 0 fully saturated rings. The smallest absolute Gasteiger partial charge is 0.726 e. The summed E-state index contributed by atoms with van der Waals surface area (Å²) >= 11 is 0. The van der Waals surface area contributed by atoms with Gasteiger partial charge < -0.3 is 9.11 Å². The van der Waals surface area contributed by atoms with Crippen LogP contribution in [0.5, 0.6) is 0 Å². The first kappa shape index (κ1) is 93.7. The molecule has 0 N–H and O–H groups in total. The summed E-state index contributed by atoms with van der Waals surface area (Å²) < 4.78 is 75.2. The molecule has 0 aromatic rings. The fraction of sp³-hybridized carbons (Fsp3) is 0.949. The van der Waals surface area contributed by atoms with E-state index in [1.54, 1.807) is 0 Å². The van der Waals surface area contributed by atoms with Gasteiger partial charge in [0.1, 0.15) is 0 Å². The molecule has 0 aromatic heterocycles. The molecule has 528 valence electrons. The minimum Gasteiger partial charge on any atom is -0.726 e. The van der Waals surface area contributed by atoms with Crippen molar-refractivity contribution in [3.05, 3.63) is 24.3 Å². The molecule has 0 saturated carbocycles. The van der Waals surface area contributed by atoms with Crippen LogP contribution in [0.2, 0.25) is 0 Å². The van der Waals surface area contributed by atoms with Gasteiger partial charge in [0.25, 0.3) is 0 Å². The third-order valence-corrected chi connectivity index (χ3v) is 19.3. The van der Waals surface area contributed by atoms with E-state index in [1.165, 1.54) is 385 Å². The average molecular weight is 1320 g/mol. The summed E-state index contributed by atoms with van der Waals surface area (Å²) in [5.74, 6) is 0.0310. The van der Waals surface area contributed by atoms with Crippen LogP contribution in [0.15, 0.2) is 24.3 Å². The third-order valence-electron chi connectivity index (χ3n) is 18.5. The fourth-order valence-electron chi connectivity index (χ4n) is 12.6. The second-order valence-electron chi connectivity index (χ2n) is 27.4. The van der Waals surface area contributed by atoms with Gasteiger partial charge in [-0.2, -0.15) is 0 Å². The molecule has 0 aromatic carbocycles. The molecule has 0 bridgehead atoms. The number of hydrogen-bond donors (Lipinski definition) is 0. The van der Waals surface area contributed by atoms with Gasteiger partial charge in [-0.3, -0.25) is 8.37 Å². The molecule has 0 aliphatic rings. The zero-order valence-electron chi connectivity index (χ0n) is 60.3. The van der Waals surface area contributed by atoms with Gasteiger partial charge in [0.15, 0.2) is 0 Å². The standard InChI is InChI=1S/2C39H78O4S.Ca/c2*1-3-5-7-9-11-13-15-17-19-20-21-23-25-27-29-31-33-35-37-39(38-43-44(40,41)42)36-34-32-30-28-26-24-22-18-16-14-12-10-8-6-4-2;/h2*35,37,39H,3-34,36,38H2,1-2H3,(H,40,41,42);/q;;+2/p-2/b2*37-35+;. The molecular formula is C78H154CaO8S2. The summed E-state index contributed by atoms with van der Waals surface area (Å²) in [7, 11) is -9.25. The van der Waals surface area contributed by atoms with E-state index in [4.69, 9.17) is 0 Å². The summed E-state index contributed by atoms with van der Waals surface area (Å²) in [4.78, 5) is 0. The second-order valence-corrected chi connectivity index (χ2v) is 29.5. The van der Waals surface area contributed by atoms with Crippen molar-refractivity contribution in [3.63, 3.8) is 0 Å². The molecule has 0 rings (SSSR count). The van der Waals surface area contributed by atoms with Crippen LogP contribution in [0.4, 0.5) is 0 Å². The Labute approximate surface area is 588 Å². The SMILES string of the molecule is CCCCCCCCCCCCCCCCCC/C=C/C(CCCCCCCCCCCCCCCCC)COS(=O)(=O)[O-].CCCCCCCCCCCCCCCCCC/C=C/C(CCCCCCCCCCCCCCCCC)COS(=O)(=O)[O-].[Ca+2]. The molecule has 2 unspecified atom stereocenters. The van der Waals surface area contributed by atoms with Gasteiger partial charge in [-0.1, -0.05) is 437 Å². The maximum atomic E-state index is 11.0. The van der Waals surface area contributed by atoms with Crippen molar-refractivity contribution in [2.75, 3.05) is 13.2 Å². The minimum absolute atomic E-state index is 0. The van der Waals surface area contributed by atoms with E-state index in [0.717, 1.165) is 38.5 Å². The van der Waals surface area contributed by atoms with Crippen molar-refractivity contribution in [2.45, 2.75) is 451 Å². The van der Waals surface area contributed by atoms with Crippen LogP contribution in [-0.2, 0) is 29.2 Å².